The fourth-order valence-corrected chi connectivity index (χ4v) is 0.344. The van der Waals surface area contributed by atoms with Crippen molar-refractivity contribution in [3.8, 4) is 0 Å². The molecule has 0 radical (unpaired) electrons. The fourth-order valence-electron chi connectivity index (χ4n) is 0.344. The van der Waals surface area contributed by atoms with E-state index in [1.807, 2.05) is 0 Å². The van der Waals surface area contributed by atoms with Gasteiger partial charge >= 0.3 is 0 Å². The maximum atomic E-state index is 12.1. The Hall–Kier alpha value is -0.920. The van der Waals surface area contributed by atoms with Gasteiger partial charge in [0.2, 0.25) is 0 Å². The Labute approximate surface area is 53.2 Å². The van der Waals surface area contributed by atoms with Crippen LogP contribution in [0.4, 0.5) is 8.78 Å². The van der Waals surface area contributed by atoms with E-state index in [0.29, 0.717) is 5.57 Å². The van der Waals surface area contributed by atoms with Gasteiger partial charge < -0.3 is 0 Å². The highest BCUT2D eigenvalue weighted by Crippen LogP contribution is 2.02. The minimum atomic E-state index is -0.620. The van der Waals surface area contributed by atoms with Crippen LogP contribution in [0.1, 0.15) is 6.92 Å². The average Bonchev–Trinajstić information content (AvgIpc) is 1.63. The van der Waals surface area contributed by atoms with Crippen LogP contribution in [0.3, 0.4) is 0 Å². The summed E-state index contributed by atoms with van der Waals surface area (Å²) in [7, 11) is 0. The molecule has 0 aliphatic carbocycles. The minimum absolute atomic E-state index is 0.148. The number of halogens is 2. The summed E-state index contributed by atoms with van der Waals surface area (Å²) in [6, 6.07) is 0. The first-order chi connectivity index (χ1) is 4.16. The topological polar surface area (TPSA) is 0 Å². The standard InChI is InChI=1S/C7H8F2/c1-6(2)5-7(9)3-4-8/h3-5H,1H2,2H3/b4-3+,7-5+. The predicted octanol–water partition coefficient (Wildman–Crippen LogP) is 2.90. The van der Waals surface area contributed by atoms with Crippen molar-refractivity contribution in [3.05, 3.63) is 36.5 Å². The molecule has 0 saturated carbocycles. The van der Waals surface area contributed by atoms with Gasteiger partial charge in [-0.25, -0.2) is 8.78 Å². The molecule has 0 heterocycles. The maximum absolute atomic E-state index is 12.1. The zero-order valence-electron chi connectivity index (χ0n) is 5.20. The molecule has 0 amide bonds. The van der Waals surface area contributed by atoms with Crippen LogP contribution in [-0.2, 0) is 0 Å². The van der Waals surface area contributed by atoms with Gasteiger partial charge in [-0.1, -0.05) is 12.2 Å². The lowest BCUT2D eigenvalue weighted by atomic mass is 10.3. The summed E-state index contributed by atoms with van der Waals surface area (Å²) in [5, 5.41) is 0. The Morgan fingerprint density at radius 2 is 2.11 bits per heavy atom. The minimum Gasteiger partial charge on any atom is -0.215 e. The van der Waals surface area contributed by atoms with Gasteiger partial charge in [0.25, 0.3) is 0 Å². The molecule has 0 spiro atoms. The van der Waals surface area contributed by atoms with E-state index in [4.69, 9.17) is 0 Å². The molecule has 0 atom stereocenters. The van der Waals surface area contributed by atoms with Gasteiger partial charge in [-0.3, -0.25) is 0 Å². The first-order valence-corrected chi connectivity index (χ1v) is 2.46. The van der Waals surface area contributed by atoms with Crippen molar-refractivity contribution in [1.82, 2.24) is 0 Å². The Morgan fingerprint density at radius 3 is 2.44 bits per heavy atom. The Morgan fingerprint density at radius 1 is 1.56 bits per heavy atom. The van der Waals surface area contributed by atoms with Crippen molar-refractivity contribution >= 4 is 0 Å². The van der Waals surface area contributed by atoms with Gasteiger partial charge in [0.15, 0.2) is 0 Å². The van der Waals surface area contributed by atoms with Crippen molar-refractivity contribution < 1.29 is 8.78 Å². The summed E-state index contributed by atoms with van der Waals surface area (Å²) >= 11 is 0. The molecule has 0 N–H and O–H groups in total. The van der Waals surface area contributed by atoms with E-state index >= 15 is 0 Å². The molecule has 0 saturated heterocycles. The Bertz CT molecular complexity index is 154. The molecule has 0 unspecified atom stereocenters. The molecule has 0 aromatic heterocycles. The average molecular weight is 130 g/mol. The van der Waals surface area contributed by atoms with Crippen LogP contribution in [0, 0.1) is 0 Å². The van der Waals surface area contributed by atoms with Crippen molar-refractivity contribution in [3.63, 3.8) is 0 Å². The monoisotopic (exact) mass is 130 g/mol. The van der Waals surface area contributed by atoms with Gasteiger partial charge in [0.05, 0.1) is 6.33 Å². The molecule has 0 aliphatic rings. The lowest BCUT2D eigenvalue weighted by Crippen LogP contribution is -1.65. The molecule has 0 rings (SSSR count). The second-order valence-electron chi connectivity index (χ2n) is 1.67. The quantitative estimate of drug-likeness (QED) is 0.504. The summed E-state index contributed by atoms with van der Waals surface area (Å²) in [6.07, 6.45) is 2.03. The van der Waals surface area contributed by atoms with Crippen LogP contribution in [0.2, 0.25) is 0 Å². The van der Waals surface area contributed by atoms with Gasteiger partial charge in [-0.15, -0.1) is 0 Å². The fraction of sp³-hybridized carbons (Fsp3) is 0.143. The van der Waals surface area contributed by atoms with Crippen LogP contribution in [-0.4, -0.2) is 0 Å². The first kappa shape index (κ1) is 8.08. The highest BCUT2D eigenvalue weighted by Gasteiger charge is 1.84. The molecule has 0 aromatic rings. The van der Waals surface area contributed by atoms with Crippen LogP contribution in [0.25, 0.3) is 0 Å². The third-order valence-corrected chi connectivity index (χ3v) is 0.607. The van der Waals surface area contributed by atoms with E-state index in [0.717, 1.165) is 12.2 Å². The van der Waals surface area contributed by atoms with Crippen molar-refractivity contribution in [2.24, 2.45) is 0 Å². The van der Waals surface area contributed by atoms with Crippen molar-refractivity contribution in [2.45, 2.75) is 6.92 Å². The SMILES string of the molecule is C=C(C)/C=C(F)\C=C\F. The summed E-state index contributed by atoms with van der Waals surface area (Å²) in [5.74, 6) is -0.620. The van der Waals surface area contributed by atoms with Crippen LogP contribution >= 0.6 is 0 Å². The zero-order chi connectivity index (χ0) is 7.28. The van der Waals surface area contributed by atoms with E-state index in [-0.39, 0.29) is 6.33 Å². The Kier molecular flexibility index (Phi) is 3.60. The van der Waals surface area contributed by atoms with Crippen LogP contribution in [0.15, 0.2) is 36.5 Å². The molecule has 9 heavy (non-hydrogen) atoms. The largest absolute Gasteiger partial charge is 0.215 e. The molecule has 0 bridgehead atoms. The molecule has 50 valence electrons. The molecule has 0 fully saturated rings. The molecular formula is C7H8F2. The second-order valence-corrected chi connectivity index (χ2v) is 1.67. The number of hydrogen-bond acceptors (Lipinski definition) is 0. The summed E-state index contributed by atoms with van der Waals surface area (Å²) in [4.78, 5) is 0. The van der Waals surface area contributed by atoms with E-state index in [1.54, 1.807) is 6.92 Å². The number of rotatable bonds is 2. The lowest BCUT2D eigenvalue weighted by molar-refractivity contribution is 0.651. The predicted molar refractivity (Wildman–Crippen MR) is 34.3 cm³/mol. The van der Waals surface area contributed by atoms with E-state index in [1.165, 1.54) is 0 Å². The van der Waals surface area contributed by atoms with Gasteiger partial charge in [0, 0.05) is 6.08 Å². The van der Waals surface area contributed by atoms with E-state index in [9.17, 15) is 8.78 Å². The second kappa shape index (κ2) is 4.01. The normalized spacial score (nSPS) is 12.6. The molecule has 2 heteroatoms. The lowest BCUT2D eigenvalue weighted by Gasteiger charge is -1.84. The molecular weight excluding hydrogens is 122 g/mol. The smallest absolute Gasteiger partial charge is 0.125 e. The van der Waals surface area contributed by atoms with E-state index < -0.39 is 5.83 Å². The zero-order valence-corrected chi connectivity index (χ0v) is 5.20. The third kappa shape index (κ3) is 4.94. The maximum Gasteiger partial charge on any atom is 0.125 e. The van der Waals surface area contributed by atoms with Gasteiger partial charge in [0.1, 0.15) is 5.83 Å². The molecule has 0 aliphatic heterocycles. The third-order valence-electron chi connectivity index (χ3n) is 0.607. The molecule has 0 nitrogen and oxygen atoms in total. The highest BCUT2D eigenvalue weighted by molar-refractivity contribution is 5.21. The Balaban J connectivity index is 4.00. The van der Waals surface area contributed by atoms with Gasteiger partial charge in [-0.05, 0) is 13.0 Å². The van der Waals surface area contributed by atoms with Crippen LogP contribution < -0.4 is 0 Å². The van der Waals surface area contributed by atoms with Crippen molar-refractivity contribution in [1.29, 1.82) is 0 Å². The first-order valence-electron chi connectivity index (χ1n) is 2.46. The summed E-state index contributed by atoms with van der Waals surface area (Å²) in [5.41, 5.74) is 0.561. The molecule has 0 aromatic carbocycles. The summed E-state index contributed by atoms with van der Waals surface area (Å²) < 4.78 is 23.3. The van der Waals surface area contributed by atoms with Crippen LogP contribution in [0.5, 0.6) is 0 Å². The van der Waals surface area contributed by atoms with E-state index in [2.05, 4.69) is 6.58 Å². The summed E-state index contributed by atoms with van der Waals surface area (Å²) in [6.45, 7) is 5.04. The highest BCUT2D eigenvalue weighted by atomic mass is 19.1. The van der Waals surface area contributed by atoms with Gasteiger partial charge in [-0.2, -0.15) is 0 Å². The van der Waals surface area contributed by atoms with Crippen molar-refractivity contribution in [2.75, 3.05) is 0 Å². The number of allylic oxidation sites excluding steroid dienone is 4. The number of hydrogen-bond donors (Lipinski definition) is 0.